The van der Waals surface area contributed by atoms with Crippen LogP contribution in [0, 0.1) is 0 Å². The second kappa shape index (κ2) is 4.70. The van der Waals surface area contributed by atoms with E-state index in [0.29, 0.717) is 6.54 Å². The summed E-state index contributed by atoms with van der Waals surface area (Å²) in [7, 11) is 0. The summed E-state index contributed by atoms with van der Waals surface area (Å²) in [6, 6.07) is -1.04. The molecule has 5 N–H and O–H groups in total. The minimum Gasteiger partial charge on any atom is -0.395 e. The van der Waals surface area contributed by atoms with Gasteiger partial charge in [-0.25, -0.2) is 0 Å². The minimum atomic E-state index is -1.06. The molecule has 0 unspecified atom stereocenters. The van der Waals surface area contributed by atoms with E-state index >= 15 is 0 Å². The van der Waals surface area contributed by atoms with Crippen LogP contribution >= 0.6 is 0 Å². The normalized spacial score (nSPS) is 38.0. The van der Waals surface area contributed by atoms with Gasteiger partial charge in [-0.05, 0) is 0 Å². The Labute approximate surface area is 81.9 Å². The molecule has 0 radical (unpaired) electrons. The minimum absolute atomic E-state index is 0.245. The van der Waals surface area contributed by atoms with Crippen molar-refractivity contribution in [3.63, 3.8) is 0 Å². The fourth-order valence-corrected chi connectivity index (χ4v) is 1.57. The van der Waals surface area contributed by atoms with Crippen LogP contribution in [0.1, 0.15) is 6.92 Å². The van der Waals surface area contributed by atoms with Crippen LogP contribution in [0.2, 0.25) is 0 Å². The van der Waals surface area contributed by atoms with Crippen molar-refractivity contribution >= 4 is 5.91 Å². The standard InChI is InChI=1S/C8H16N2O4/c1-4(12)10-5-2-9-6(3-11)8(14)7(5)13/h5-9,11,13-14H,2-3H2,1H3,(H,10,12)/t5-,6+,7-,8+/m0/s1. The molecule has 1 amide bonds. The molecular formula is C8H16N2O4. The molecule has 0 aromatic heterocycles. The number of aliphatic hydroxyl groups excluding tert-OH is 3. The first-order valence-corrected chi connectivity index (χ1v) is 4.53. The fraction of sp³-hybridized carbons (Fsp3) is 0.875. The molecule has 0 bridgehead atoms. The highest BCUT2D eigenvalue weighted by atomic mass is 16.3. The SMILES string of the molecule is CC(=O)N[C@H]1CN[C@H](CO)[C@@H](O)[C@H]1O. The van der Waals surface area contributed by atoms with E-state index in [4.69, 9.17) is 5.11 Å². The predicted octanol–water partition coefficient (Wildman–Crippen LogP) is -2.82. The molecule has 0 saturated carbocycles. The number of piperidine rings is 1. The molecule has 0 spiro atoms. The smallest absolute Gasteiger partial charge is 0.217 e. The summed E-state index contributed by atoms with van der Waals surface area (Å²) in [5.41, 5.74) is 0. The highest BCUT2D eigenvalue weighted by molar-refractivity contribution is 5.73. The first-order chi connectivity index (χ1) is 6.56. The molecule has 0 aromatic carbocycles. The number of rotatable bonds is 2. The number of hydrogen-bond acceptors (Lipinski definition) is 5. The largest absolute Gasteiger partial charge is 0.395 e. The summed E-state index contributed by atoms with van der Waals surface area (Å²) in [5, 5.41) is 33.2. The lowest BCUT2D eigenvalue weighted by molar-refractivity contribution is -0.122. The maximum atomic E-state index is 10.7. The highest BCUT2D eigenvalue weighted by Gasteiger charge is 2.36. The van der Waals surface area contributed by atoms with Gasteiger partial charge in [-0.2, -0.15) is 0 Å². The molecule has 14 heavy (non-hydrogen) atoms. The van der Waals surface area contributed by atoms with Gasteiger partial charge in [0.2, 0.25) is 5.91 Å². The molecule has 4 atom stereocenters. The summed E-state index contributed by atoms with van der Waals surface area (Å²) in [5.74, 6) is -0.259. The van der Waals surface area contributed by atoms with E-state index in [9.17, 15) is 15.0 Å². The summed E-state index contributed by atoms with van der Waals surface area (Å²) >= 11 is 0. The van der Waals surface area contributed by atoms with Crippen molar-refractivity contribution < 1.29 is 20.1 Å². The number of carbonyl (C=O) groups is 1. The molecule has 1 aliphatic rings. The monoisotopic (exact) mass is 204 g/mol. The second-order valence-electron chi connectivity index (χ2n) is 3.49. The zero-order valence-electron chi connectivity index (χ0n) is 7.97. The van der Waals surface area contributed by atoms with Gasteiger partial charge < -0.3 is 26.0 Å². The summed E-state index contributed by atoms with van der Waals surface area (Å²) < 4.78 is 0. The van der Waals surface area contributed by atoms with Crippen molar-refractivity contribution in [2.75, 3.05) is 13.2 Å². The van der Waals surface area contributed by atoms with Gasteiger partial charge in [0.1, 0.15) is 6.10 Å². The third-order valence-electron chi connectivity index (χ3n) is 2.36. The lowest BCUT2D eigenvalue weighted by Crippen LogP contribution is -2.65. The van der Waals surface area contributed by atoms with Crippen molar-refractivity contribution in [2.24, 2.45) is 0 Å². The zero-order chi connectivity index (χ0) is 10.7. The van der Waals surface area contributed by atoms with Crippen LogP contribution < -0.4 is 10.6 Å². The van der Waals surface area contributed by atoms with Crippen LogP contribution in [0.5, 0.6) is 0 Å². The molecule has 0 aliphatic carbocycles. The van der Waals surface area contributed by atoms with Crippen molar-refractivity contribution in [2.45, 2.75) is 31.2 Å². The Balaban J connectivity index is 2.54. The maximum Gasteiger partial charge on any atom is 0.217 e. The number of carbonyl (C=O) groups excluding carboxylic acids is 1. The molecule has 0 aromatic rings. The van der Waals surface area contributed by atoms with Crippen molar-refractivity contribution in [1.82, 2.24) is 10.6 Å². The van der Waals surface area contributed by atoms with Gasteiger partial charge >= 0.3 is 0 Å². The molecule has 82 valence electrons. The first-order valence-electron chi connectivity index (χ1n) is 4.53. The number of nitrogens with one attached hydrogen (secondary N) is 2. The van der Waals surface area contributed by atoms with E-state index in [0.717, 1.165) is 0 Å². The van der Waals surface area contributed by atoms with Gasteiger partial charge in [0.15, 0.2) is 0 Å². The Morgan fingerprint density at radius 3 is 2.64 bits per heavy atom. The van der Waals surface area contributed by atoms with E-state index in [1.165, 1.54) is 6.92 Å². The van der Waals surface area contributed by atoms with Gasteiger partial charge in [-0.1, -0.05) is 0 Å². The van der Waals surface area contributed by atoms with Crippen LogP contribution in [-0.2, 0) is 4.79 Å². The van der Waals surface area contributed by atoms with Crippen LogP contribution in [0.15, 0.2) is 0 Å². The topological polar surface area (TPSA) is 102 Å². The fourth-order valence-electron chi connectivity index (χ4n) is 1.57. The number of amides is 1. The third-order valence-corrected chi connectivity index (χ3v) is 2.36. The van der Waals surface area contributed by atoms with E-state index < -0.39 is 24.3 Å². The molecule has 1 fully saturated rings. The predicted molar refractivity (Wildman–Crippen MR) is 48.5 cm³/mol. The van der Waals surface area contributed by atoms with Gasteiger partial charge in [-0.15, -0.1) is 0 Å². The number of aliphatic hydroxyl groups is 3. The second-order valence-corrected chi connectivity index (χ2v) is 3.49. The summed E-state index contributed by atoms with van der Waals surface area (Å²) in [6.45, 7) is 1.44. The zero-order valence-corrected chi connectivity index (χ0v) is 7.97. The maximum absolute atomic E-state index is 10.7. The molecule has 1 rings (SSSR count). The molecule has 1 heterocycles. The highest BCUT2D eigenvalue weighted by Crippen LogP contribution is 2.10. The van der Waals surface area contributed by atoms with Crippen LogP contribution in [0.3, 0.4) is 0 Å². The average Bonchev–Trinajstić information content (AvgIpc) is 2.13. The summed E-state index contributed by atoms with van der Waals surface area (Å²) in [4.78, 5) is 10.7. The third kappa shape index (κ3) is 2.42. The Morgan fingerprint density at radius 1 is 1.50 bits per heavy atom. The lowest BCUT2D eigenvalue weighted by atomic mass is 9.94. The van der Waals surface area contributed by atoms with E-state index in [1.807, 2.05) is 0 Å². The molecular weight excluding hydrogens is 188 g/mol. The first kappa shape index (κ1) is 11.4. The molecule has 1 saturated heterocycles. The van der Waals surface area contributed by atoms with Crippen molar-refractivity contribution in [3.8, 4) is 0 Å². The van der Waals surface area contributed by atoms with Crippen molar-refractivity contribution in [3.05, 3.63) is 0 Å². The van der Waals surface area contributed by atoms with Gasteiger partial charge in [0.05, 0.1) is 24.8 Å². The van der Waals surface area contributed by atoms with E-state index in [2.05, 4.69) is 10.6 Å². The van der Waals surface area contributed by atoms with Crippen LogP contribution in [0.25, 0.3) is 0 Å². The van der Waals surface area contributed by atoms with Crippen LogP contribution in [-0.4, -0.2) is 58.7 Å². The Morgan fingerprint density at radius 2 is 2.14 bits per heavy atom. The van der Waals surface area contributed by atoms with Crippen molar-refractivity contribution in [1.29, 1.82) is 0 Å². The van der Waals surface area contributed by atoms with Gasteiger partial charge in [0.25, 0.3) is 0 Å². The molecule has 6 nitrogen and oxygen atoms in total. The lowest BCUT2D eigenvalue weighted by Gasteiger charge is -2.37. The van der Waals surface area contributed by atoms with Gasteiger partial charge in [-0.3, -0.25) is 4.79 Å². The quantitative estimate of drug-likeness (QED) is 0.334. The van der Waals surface area contributed by atoms with E-state index in [1.54, 1.807) is 0 Å². The van der Waals surface area contributed by atoms with E-state index in [-0.39, 0.29) is 12.5 Å². The Hall–Kier alpha value is -0.690. The average molecular weight is 204 g/mol. The molecule has 1 aliphatic heterocycles. The Bertz CT molecular complexity index is 212. The summed E-state index contributed by atoms with van der Waals surface area (Å²) in [6.07, 6.45) is -2.11. The molecule has 6 heteroatoms. The van der Waals surface area contributed by atoms with Crippen LogP contribution in [0.4, 0.5) is 0 Å². The number of hydrogen-bond donors (Lipinski definition) is 5. The van der Waals surface area contributed by atoms with Gasteiger partial charge in [0, 0.05) is 13.5 Å². The Kier molecular flexibility index (Phi) is 3.82.